The Labute approximate surface area is 179 Å². The lowest BCUT2D eigenvalue weighted by Gasteiger charge is -2.48. The van der Waals surface area contributed by atoms with E-state index in [2.05, 4.69) is 10.8 Å². The van der Waals surface area contributed by atoms with Crippen molar-refractivity contribution in [1.29, 1.82) is 5.26 Å². The van der Waals surface area contributed by atoms with E-state index in [9.17, 15) is 23.3 Å². The van der Waals surface area contributed by atoms with E-state index in [-0.39, 0.29) is 41.8 Å². The van der Waals surface area contributed by atoms with Gasteiger partial charge in [0.05, 0.1) is 23.2 Å². The van der Waals surface area contributed by atoms with Crippen molar-refractivity contribution in [3.8, 4) is 6.07 Å². The molecule has 5 atom stereocenters. The highest BCUT2D eigenvalue weighted by molar-refractivity contribution is 7.90. The summed E-state index contributed by atoms with van der Waals surface area (Å²) in [6.07, 6.45) is 6.74. The number of sulfonamides is 1. The molecule has 3 saturated carbocycles. The lowest BCUT2D eigenvalue weighted by atomic mass is 9.77. The summed E-state index contributed by atoms with van der Waals surface area (Å²) in [5.41, 5.74) is -0.335. The summed E-state index contributed by atoms with van der Waals surface area (Å²) in [6, 6.07) is 1.81. The molecule has 8 nitrogen and oxygen atoms in total. The molecule has 0 bridgehead atoms. The van der Waals surface area contributed by atoms with Crippen LogP contribution in [-0.4, -0.2) is 60.6 Å². The average molecular weight is 437 g/mol. The van der Waals surface area contributed by atoms with E-state index < -0.39 is 21.2 Å². The molecule has 3 aliphatic carbocycles. The van der Waals surface area contributed by atoms with E-state index in [1.165, 1.54) is 7.05 Å². The number of carbonyl (C=O) groups is 2. The number of nitrogens with one attached hydrogen (secondary N) is 1. The average Bonchev–Trinajstić information content (AvgIpc) is 3.45. The van der Waals surface area contributed by atoms with Gasteiger partial charge in [-0.2, -0.15) is 5.26 Å². The van der Waals surface area contributed by atoms with E-state index in [1.54, 1.807) is 4.90 Å². The molecular weight excluding hydrogens is 404 g/mol. The topological polar surface area (TPSA) is 111 Å². The Kier molecular flexibility index (Phi) is 5.60. The Balaban J connectivity index is 1.52. The normalized spacial score (nSPS) is 36.2. The summed E-state index contributed by atoms with van der Waals surface area (Å²) >= 11 is 0. The molecule has 4 rings (SSSR count). The zero-order chi connectivity index (χ0) is 21.7. The van der Waals surface area contributed by atoms with Gasteiger partial charge in [0, 0.05) is 25.2 Å². The summed E-state index contributed by atoms with van der Waals surface area (Å²) in [5, 5.41) is 8.91. The molecule has 0 aromatic carbocycles. The van der Waals surface area contributed by atoms with Crippen LogP contribution in [0.2, 0.25) is 0 Å². The Morgan fingerprint density at radius 1 is 1.17 bits per heavy atom. The molecule has 4 aliphatic rings. The van der Waals surface area contributed by atoms with Gasteiger partial charge in [0.2, 0.25) is 15.9 Å². The van der Waals surface area contributed by atoms with Crippen LogP contribution in [0.5, 0.6) is 0 Å². The highest BCUT2D eigenvalue weighted by Gasteiger charge is 2.51. The SMILES string of the molecule is CN1C(=O)C2CC(S(=O)(=O)NC3(C)CC3)CCC2N(CC2CCCCC2C#N)C1=O. The highest BCUT2D eigenvalue weighted by Crippen LogP contribution is 2.41. The van der Waals surface area contributed by atoms with Gasteiger partial charge in [-0.25, -0.2) is 17.9 Å². The van der Waals surface area contributed by atoms with Crippen molar-refractivity contribution in [2.24, 2.45) is 17.8 Å². The Bertz CT molecular complexity index is 863. The van der Waals surface area contributed by atoms with E-state index in [1.807, 2.05) is 6.92 Å². The number of rotatable bonds is 5. The molecule has 30 heavy (non-hydrogen) atoms. The molecule has 1 aliphatic heterocycles. The van der Waals surface area contributed by atoms with Crippen LogP contribution in [0.4, 0.5) is 4.79 Å². The monoisotopic (exact) mass is 436 g/mol. The van der Waals surface area contributed by atoms with Crippen LogP contribution in [0.3, 0.4) is 0 Å². The molecule has 0 radical (unpaired) electrons. The number of hydrogen-bond donors (Lipinski definition) is 1. The van der Waals surface area contributed by atoms with Crippen LogP contribution in [0.1, 0.15) is 64.7 Å². The van der Waals surface area contributed by atoms with Crippen LogP contribution in [0.25, 0.3) is 0 Å². The van der Waals surface area contributed by atoms with Gasteiger partial charge in [0.25, 0.3) is 0 Å². The van der Waals surface area contributed by atoms with Crippen molar-refractivity contribution in [3.05, 3.63) is 0 Å². The van der Waals surface area contributed by atoms with Gasteiger partial charge in [-0.05, 0) is 57.8 Å². The third-order valence-corrected chi connectivity index (χ3v) is 9.76. The first-order valence-electron chi connectivity index (χ1n) is 11.2. The largest absolute Gasteiger partial charge is 0.326 e. The first-order valence-corrected chi connectivity index (χ1v) is 12.7. The summed E-state index contributed by atoms with van der Waals surface area (Å²) in [5.74, 6) is -0.723. The number of nitrogens with zero attached hydrogens (tertiary/aromatic N) is 3. The van der Waals surface area contributed by atoms with Gasteiger partial charge >= 0.3 is 6.03 Å². The highest BCUT2D eigenvalue weighted by atomic mass is 32.2. The second-order valence-corrected chi connectivity index (χ2v) is 11.9. The molecule has 3 amide bonds. The van der Waals surface area contributed by atoms with Gasteiger partial charge in [-0.1, -0.05) is 12.8 Å². The van der Waals surface area contributed by atoms with Crippen LogP contribution in [0.15, 0.2) is 0 Å². The zero-order valence-electron chi connectivity index (χ0n) is 17.8. The number of hydrogen-bond acceptors (Lipinski definition) is 5. The molecule has 5 unspecified atom stereocenters. The van der Waals surface area contributed by atoms with Crippen LogP contribution in [-0.2, 0) is 14.8 Å². The van der Waals surface area contributed by atoms with Gasteiger partial charge in [-0.15, -0.1) is 0 Å². The maximum Gasteiger partial charge on any atom is 0.326 e. The molecule has 9 heteroatoms. The van der Waals surface area contributed by atoms with E-state index in [0.29, 0.717) is 19.4 Å². The van der Waals surface area contributed by atoms with Gasteiger partial charge in [-0.3, -0.25) is 9.69 Å². The Morgan fingerprint density at radius 3 is 2.53 bits per heavy atom. The summed E-state index contributed by atoms with van der Waals surface area (Å²) in [7, 11) is -2.02. The maximum atomic E-state index is 13.0. The number of carbonyl (C=O) groups excluding carboxylic acids is 2. The summed E-state index contributed by atoms with van der Waals surface area (Å²) in [6.45, 7) is 2.38. The number of amides is 3. The van der Waals surface area contributed by atoms with Crippen LogP contribution in [0, 0.1) is 29.1 Å². The van der Waals surface area contributed by atoms with Crippen molar-refractivity contribution in [2.45, 2.75) is 81.5 Å². The summed E-state index contributed by atoms with van der Waals surface area (Å²) < 4.78 is 28.6. The first kappa shape index (κ1) is 21.6. The number of imide groups is 1. The minimum atomic E-state index is -3.51. The predicted molar refractivity (Wildman–Crippen MR) is 111 cm³/mol. The molecular formula is C21H32N4O4S. The van der Waals surface area contributed by atoms with Gasteiger partial charge in [0.1, 0.15) is 0 Å². The molecule has 1 saturated heterocycles. The zero-order valence-corrected chi connectivity index (χ0v) is 18.7. The van der Waals surface area contributed by atoms with Crippen LogP contribution < -0.4 is 4.72 Å². The van der Waals surface area contributed by atoms with Crippen LogP contribution >= 0.6 is 0 Å². The van der Waals surface area contributed by atoms with Gasteiger partial charge in [0.15, 0.2) is 0 Å². The lowest BCUT2D eigenvalue weighted by molar-refractivity contribution is -0.139. The maximum absolute atomic E-state index is 13.0. The minimum absolute atomic E-state index is 0.0619. The fourth-order valence-corrected chi connectivity index (χ4v) is 7.46. The third-order valence-electron chi connectivity index (χ3n) is 7.68. The Hall–Kier alpha value is -1.66. The smallest absolute Gasteiger partial charge is 0.320 e. The molecule has 166 valence electrons. The van der Waals surface area contributed by atoms with E-state index in [4.69, 9.17) is 0 Å². The standard InChI is InChI=1S/C21H32N4O4S/c1-21(9-10-21)23-30(28,29)16-7-8-18-17(11-16)19(26)24(2)20(27)25(18)13-15-6-4-3-5-14(15)12-22/h14-18,23H,3-11,13H2,1-2H3. The van der Waals surface area contributed by atoms with Crippen molar-refractivity contribution in [2.75, 3.05) is 13.6 Å². The number of urea groups is 1. The van der Waals surface area contributed by atoms with E-state index >= 15 is 0 Å². The molecule has 0 aromatic heterocycles. The lowest BCUT2D eigenvalue weighted by Crippen LogP contribution is -2.64. The fraction of sp³-hybridized carbons (Fsp3) is 0.857. The fourth-order valence-electron chi connectivity index (χ4n) is 5.49. The first-order chi connectivity index (χ1) is 14.1. The van der Waals surface area contributed by atoms with Crippen molar-refractivity contribution < 1.29 is 18.0 Å². The second kappa shape index (κ2) is 7.79. The van der Waals surface area contributed by atoms with Gasteiger partial charge < -0.3 is 4.90 Å². The van der Waals surface area contributed by atoms with Crippen molar-refractivity contribution in [3.63, 3.8) is 0 Å². The molecule has 0 aromatic rings. The molecule has 1 heterocycles. The molecule has 4 fully saturated rings. The molecule has 0 spiro atoms. The Morgan fingerprint density at radius 2 is 1.87 bits per heavy atom. The minimum Gasteiger partial charge on any atom is -0.320 e. The van der Waals surface area contributed by atoms with Crippen molar-refractivity contribution >= 4 is 22.0 Å². The quantitative estimate of drug-likeness (QED) is 0.710. The summed E-state index contributed by atoms with van der Waals surface area (Å²) in [4.78, 5) is 28.8. The second-order valence-electron chi connectivity index (χ2n) is 9.93. The predicted octanol–water partition coefficient (Wildman–Crippen LogP) is 2.22. The third kappa shape index (κ3) is 3.96. The van der Waals surface area contributed by atoms with E-state index in [0.717, 1.165) is 43.4 Å². The number of fused-ring (bicyclic) bond motifs is 1. The molecule has 1 N–H and O–H groups in total. The van der Waals surface area contributed by atoms with Crippen molar-refractivity contribution in [1.82, 2.24) is 14.5 Å². The number of nitriles is 1.